The highest BCUT2D eigenvalue weighted by molar-refractivity contribution is 6.08. The van der Waals surface area contributed by atoms with Crippen LogP contribution in [0.2, 0.25) is 0 Å². The maximum absolute atomic E-state index is 12.5. The van der Waals surface area contributed by atoms with Gasteiger partial charge in [-0.25, -0.2) is 4.79 Å². The van der Waals surface area contributed by atoms with Crippen molar-refractivity contribution in [3.8, 4) is 0 Å². The number of carbonyl (C=O) groups is 2. The molecule has 2 N–H and O–H groups in total. The molecule has 25 heavy (non-hydrogen) atoms. The number of β-amino-alcohol motifs (C(OH)–C–C–N with tert-alkyl or cyclic N) is 1. The number of aliphatic hydroxyl groups is 1. The molecule has 0 radical (unpaired) electrons. The van der Waals surface area contributed by atoms with Gasteiger partial charge in [-0.05, 0) is 12.1 Å². The zero-order chi connectivity index (χ0) is 18.4. The van der Waals surface area contributed by atoms with Gasteiger partial charge in [0.15, 0.2) is 6.29 Å². The van der Waals surface area contributed by atoms with Crippen molar-refractivity contribution in [2.45, 2.75) is 6.29 Å². The Balaban J connectivity index is 2.30. The predicted molar refractivity (Wildman–Crippen MR) is 89.5 cm³/mol. The fourth-order valence-corrected chi connectivity index (χ4v) is 2.62. The molecule has 0 saturated carbocycles. The van der Waals surface area contributed by atoms with E-state index in [9.17, 15) is 9.59 Å². The van der Waals surface area contributed by atoms with E-state index in [-0.39, 0.29) is 36.9 Å². The molecule has 1 aromatic carbocycles. The summed E-state index contributed by atoms with van der Waals surface area (Å²) in [6, 6.07) is 7.14. The second-order valence-corrected chi connectivity index (χ2v) is 5.35. The number of aliphatic hydroxyl groups excluding tert-OH is 1. The summed E-state index contributed by atoms with van der Waals surface area (Å²) in [7, 11) is 4.31. The number of nitrogens with zero attached hydrogens (tertiary/aromatic N) is 1. The lowest BCUT2D eigenvalue weighted by atomic mass is 10.1. The van der Waals surface area contributed by atoms with E-state index in [1.807, 2.05) is 6.07 Å². The van der Waals surface area contributed by atoms with Crippen LogP contribution in [0.25, 0.3) is 0 Å². The number of esters is 1. The molecule has 8 heteroatoms. The second kappa shape index (κ2) is 8.61. The Kier molecular flexibility index (Phi) is 6.51. The number of nitrogens with one attached hydrogen (secondary N) is 1. The van der Waals surface area contributed by atoms with Crippen LogP contribution >= 0.6 is 0 Å². The summed E-state index contributed by atoms with van der Waals surface area (Å²) in [4.78, 5) is 25.9. The molecule has 0 unspecified atom stereocenters. The third-order valence-corrected chi connectivity index (χ3v) is 3.81. The molecular weight excluding hydrogens is 328 g/mol. The lowest BCUT2D eigenvalue weighted by Crippen LogP contribution is -2.31. The van der Waals surface area contributed by atoms with Crippen molar-refractivity contribution in [3.05, 3.63) is 41.1 Å². The molecule has 0 spiro atoms. The summed E-state index contributed by atoms with van der Waals surface area (Å²) in [5, 5.41) is 12.1. The first-order valence-corrected chi connectivity index (χ1v) is 7.69. The van der Waals surface area contributed by atoms with Crippen LogP contribution in [0.15, 0.2) is 35.5 Å². The smallest absolute Gasteiger partial charge is 0.337 e. The number of carbonyl (C=O) groups excluding carboxylic acids is 2. The van der Waals surface area contributed by atoms with Gasteiger partial charge in [0.1, 0.15) is 5.70 Å². The molecule has 1 heterocycles. The molecule has 0 aromatic heterocycles. The highest BCUT2D eigenvalue weighted by Crippen LogP contribution is 2.25. The monoisotopic (exact) mass is 350 g/mol. The minimum atomic E-state index is -0.584. The van der Waals surface area contributed by atoms with Gasteiger partial charge < -0.3 is 29.5 Å². The van der Waals surface area contributed by atoms with Crippen LogP contribution in [0.3, 0.4) is 0 Å². The van der Waals surface area contributed by atoms with Gasteiger partial charge >= 0.3 is 5.97 Å². The Bertz CT molecular complexity index is 669. The Morgan fingerprint density at radius 2 is 2.04 bits per heavy atom. The second-order valence-electron chi connectivity index (χ2n) is 5.35. The molecule has 0 bridgehead atoms. The minimum absolute atomic E-state index is 0.0901. The molecule has 1 amide bonds. The van der Waals surface area contributed by atoms with E-state index < -0.39 is 12.3 Å². The Morgan fingerprint density at radius 3 is 2.64 bits per heavy atom. The Labute approximate surface area is 146 Å². The average molecular weight is 350 g/mol. The van der Waals surface area contributed by atoms with Gasteiger partial charge in [0.25, 0.3) is 5.91 Å². The molecule has 0 atom stereocenters. The zero-order valence-electron chi connectivity index (χ0n) is 14.4. The fourth-order valence-electron chi connectivity index (χ4n) is 2.62. The highest BCUT2D eigenvalue weighted by atomic mass is 16.7. The summed E-state index contributed by atoms with van der Waals surface area (Å²) >= 11 is 0. The summed E-state index contributed by atoms with van der Waals surface area (Å²) < 4.78 is 15.2. The van der Waals surface area contributed by atoms with E-state index in [0.717, 1.165) is 5.56 Å². The maximum atomic E-state index is 12.5. The molecular formula is C17H22N2O6. The first-order chi connectivity index (χ1) is 12.0. The van der Waals surface area contributed by atoms with Gasteiger partial charge in [-0.3, -0.25) is 4.79 Å². The molecule has 0 fully saturated rings. The first kappa shape index (κ1) is 18.9. The number of hydrogen-bond donors (Lipinski definition) is 2. The molecule has 8 nitrogen and oxygen atoms in total. The van der Waals surface area contributed by atoms with Crippen LogP contribution in [0.4, 0.5) is 5.69 Å². The molecule has 0 aliphatic carbocycles. The van der Waals surface area contributed by atoms with E-state index in [1.54, 1.807) is 18.2 Å². The number of ether oxygens (including phenoxy) is 3. The Morgan fingerprint density at radius 1 is 1.32 bits per heavy atom. The first-order valence-electron chi connectivity index (χ1n) is 7.69. The van der Waals surface area contributed by atoms with E-state index in [2.05, 4.69) is 5.32 Å². The summed E-state index contributed by atoms with van der Waals surface area (Å²) in [6.45, 7) is 0.0408. The van der Waals surface area contributed by atoms with Gasteiger partial charge in [-0.15, -0.1) is 0 Å². The van der Waals surface area contributed by atoms with Crippen molar-refractivity contribution >= 4 is 17.6 Å². The third kappa shape index (κ3) is 4.16. The van der Waals surface area contributed by atoms with Crippen molar-refractivity contribution < 1.29 is 28.9 Å². The van der Waals surface area contributed by atoms with E-state index in [1.165, 1.54) is 26.2 Å². The van der Waals surface area contributed by atoms with E-state index in [0.29, 0.717) is 5.69 Å². The van der Waals surface area contributed by atoms with E-state index in [4.69, 9.17) is 19.3 Å². The van der Waals surface area contributed by atoms with Crippen molar-refractivity contribution in [3.63, 3.8) is 0 Å². The topological polar surface area (TPSA) is 97.3 Å². The number of benzene rings is 1. The van der Waals surface area contributed by atoms with Crippen molar-refractivity contribution in [1.82, 2.24) is 4.90 Å². The fraction of sp³-hybridized carbons (Fsp3) is 0.412. The summed E-state index contributed by atoms with van der Waals surface area (Å²) in [5.41, 5.74) is 1.73. The number of rotatable bonds is 8. The summed E-state index contributed by atoms with van der Waals surface area (Å²) in [6.07, 6.45) is -0.541. The standard InChI is InChI=1S/C17H22N2O6/c1-23-16(22)13-10-19(7-8-20)15(21)14(13)18-12-6-4-5-11(9-12)17(24-2)25-3/h4-6,9,17-18,20H,7-8,10H2,1-3H3. The molecule has 1 aromatic rings. The van der Waals surface area contributed by atoms with Crippen molar-refractivity contribution in [1.29, 1.82) is 0 Å². The van der Waals surface area contributed by atoms with Gasteiger partial charge in [-0.1, -0.05) is 12.1 Å². The van der Waals surface area contributed by atoms with Crippen LogP contribution in [0.1, 0.15) is 11.9 Å². The highest BCUT2D eigenvalue weighted by Gasteiger charge is 2.34. The van der Waals surface area contributed by atoms with Crippen molar-refractivity contribution in [2.24, 2.45) is 0 Å². The normalized spacial score (nSPS) is 14.4. The van der Waals surface area contributed by atoms with Crippen molar-refractivity contribution in [2.75, 3.05) is 46.3 Å². The number of methoxy groups -OCH3 is 3. The van der Waals surface area contributed by atoms with Gasteiger partial charge in [0, 0.05) is 32.0 Å². The van der Waals surface area contributed by atoms with E-state index >= 15 is 0 Å². The minimum Gasteiger partial charge on any atom is -0.466 e. The maximum Gasteiger partial charge on any atom is 0.337 e. The Hall–Kier alpha value is -2.42. The van der Waals surface area contributed by atoms with Crippen LogP contribution in [-0.2, 0) is 23.8 Å². The van der Waals surface area contributed by atoms with Gasteiger partial charge in [0.2, 0.25) is 0 Å². The molecule has 136 valence electrons. The largest absolute Gasteiger partial charge is 0.466 e. The number of amides is 1. The van der Waals surface area contributed by atoms with Crippen LogP contribution in [0, 0.1) is 0 Å². The quantitative estimate of drug-likeness (QED) is 0.525. The number of anilines is 1. The molecule has 1 aliphatic heterocycles. The SMILES string of the molecule is COC(=O)C1=C(Nc2cccc(C(OC)OC)c2)C(=O)N(CCO)C1. The molecule has 0 saturated heterocycles. The predicted octanol–water partition coefficient (Wildman–Crippen LogP) is 0.651. The average Bonchev–Trinajstić information content (AvgIpc) is 2.92. The van der Waals surface area contributed by atoms with Gasteiger partial charge in [0.05, 0.1) is 25.8 Å². The molecule has 1 aliphatic rings. The number of hydrogen-bond acceptors (Lipinski definition) is 7. The molecule has 2 rings (SSSR count). The lowest BCUT2D eigenvalue weighted by molar-refractivity contribution is -0.136. The zero-order valence-corrected chi connectivity index (χ0v) is 14.4. The summed E-state index contributed by atoms with van der Waals surface area (Å²) in [5.74, 6) is -0.950. The van der Waals surface area contributed by atoms with Crippen LogP contribution < -0.4 is 5.32 Å². The van der Waals surface area contributed by atoms with Crippen LogP contribution in [-0.4, -0.2) is 62.9 Å². The van der Waals surface area contributed by atoms with Gasteiger partial charge in [-0.2, -0.15) is 0 Å². The van der Waals surface area contributed by atoms with Crippen LogP contribution in [0.5, 0.6) is 0 Å². The lowest BCUT2D eigenvalue weighted by Gasteiger charge is -2.16. The third-order valence-electron chi connectivity index (χ3n) is 3.81.